The molecule has 0 bridgehead atoms. The van der Waals surface area contributed by atoms with Crippen molar-refractivity contribution in [3.63, 3.8) is 0 Å². The van der Waals surface area contributed by atoms with Gasteiger partial charge < -0.3 is 25.2 Å². The Balaban J connectivity index is 2.44. The molecule has 0 aromatic heterocycles. The highest BCUT2D eigenvalue weighted by molar-refractivity contribution is 8.26. The maximum Gasteiger partial charge on any atom is 0.320 e. The van der Waals surface area contributed by atoms with Crippen LogP contribution in [0.4, 0.5) is 0 Å². The summed E-state index contributed by atoms with van der Waals surface area (Å²) in [5, 5.41) is 38.2. The Bertz CT molecular complexity index is 884. The molecule has 0 aliphatic carbocycles. The number of phenolic OH excluding ortho intramolecular Hbond substituents is 2. The fraction of sp³-hybridized carbons (Fsp3) is 0.333. The summed E-state index contributed by atoms with van der Waals surface area (Å²) in [5.41, 5.74) is 0.331. The van der Waals surface area contributed by atoms with Crippen molar-refractivity contribution in [1.29, 1.82) is 0 Å². The van der Waals surface area contributed by atoms with Crippen LogP contribution in [0.25, 0.3) is 6.08 Å². The molecule has 156 valence electrons. The Kier molecular flexibility index (Phi) is 7.09. The fourth-order valence-electron chi connectivity index (χ4n) is 2.95. The Labute approximate surface area is 175 Å². The number of benzene rings is 1. The predicted octanol–water partition coefficient (Wildman–Crippen LogP) is 2.26. The topological polar surface area (TPSA) is 145 Å². The fourth-order valence-corrected chi connectivity index (χ4v) is 4.32. The average molecular weight is 441 g/mol. The zero-order chi connectivity index (χ0) is 21.9. The molecule has 0 saturated carbocycles. The first kappa shape index (κ1) is 22.5. The first-order valence-corrected chi connectivity index (χ1v) is 9.67. The van der Waals surface area contributed by atoms with E-state index in [1.54, 1.807) is 6.92 Å². The summed E-state index contributed by atoms with van der Waals surface area (Å²) in [6.07, 6.45) is 1.97. The van der Waals surface area contributed by atoms with Gasteiger partial charge in [0.1, 0.15) is 4.32 Å². The first-order chi connectivity index (χ1) is 13.6. The van der Waals surface area contributed by atoms with E-state index in [0.717, 1.165) is 16.7 Å². The molecule has 29 heavy (non-hydrogen) atoms. The van der Waals surface area contributed by atoms with Gasteiger partial charge in [-0.2, -0.15) is 0 Å². The van der Waals surface area contributed by atoms with E-state index >= 15 is 0 Å². The summed E-state index contributed by atoms with van der Waals surface area (Å²) in [6.45, 7) is 1.74. The van der Waals surface area contributed by atoms with E-state index in [2.05, 4.69) is 0 Å². The van der Waals surface area contributed by atoms with Crippen LogP contribution in [-0.4, -0.2) is 60.6 Å². The number of methoxy groups -OCH3 is 1. The average Bonchev–Trinajstić information content (AvgIpc) is 2.90. The highest BCUT2D eigenvalue weighted by atomic mass is 32.2. The summed E-state index contributed by atoms with van der Waals surface area (Å²) >= 11 is 6.11. The maximum absolute atomic E-state index is 12.9. The zero-order valence-corrected chi connectivity index (χ0v) is 17.1. The number of carboxylic acid groups (broad SMARTS) is 2. The number of carbonyl (C=O) groups excluding carboxylic acids is 1. The number of nitrogens with zero attached hydrogens (tertiary/aromatic N) is 1. The van der Waals surface area contributed by atoms with Gasteiger partial charge in [0.25, 0.3) is 5.91 Å². The second-order valence-electron chi connectivity index (χ2n) is 6.15. The number of carbonyl (C=O) groups is 3. The first-order valence-electron chi connectivity index (χ1n) is 8.45. The molecule has 1 fully saturated rings. The Morgan fingerprint density at radius 3 is 2.41 bits per heavy atom. The Morgan fingerprint density at radius 2 is 1.90 bits per heavy atom. The summed E-state index contributed by atoms with van der Waals surface area (Å²) in [5.74, 6) is -6.47. The molecule has 1 heterocycles. The van der Waals surface area contributed by atoms with Crippen molar-refractivity contribution in [1.82, 2.24) is 4.90 Å². The lowest BCUT2D eigenvalue weighted by Crippen LogP contribution is -2.48. The summed E-state index contributed by atoms with van der Waals surface area (Å²) in [6, 6.07) is 1.46. The standard InChI is InChI=1S/C18H19NO8S2/c1-3-4-9(13(16(23)24)17(25)26)19-15(22)12(29-18(19)28)7-8-5-10(20)14(21)11(6-8)27-2/h5-7,9,13,20-21H,3-4H2,1-2H3,(H,23,24)(H,25,26)/b12-7-. The van der Waals surface area contributed by atoms with Crippen LogP contribution in [0.5, 0.6) is 17.2 Å². The van der Waals surface area contributed by atoms with Gasteiger partial charge in [-0.25, -0.2) is 0 Å². The molecule has 1 saturated heterocycles. The van der Waals surface area contributed by atoms with Gasteiger partial charge in [0.2, 0.25) is 5.75 Å². The minimum Gasteiger partial charge on any atom is -0.504 e. The number of thioether (sulfide) groups is 1. The lowest BCUT2D eigenvalue weighted by atomic mass is 9.94. The second-order valence-corrected chi connectivity index (χ2v) is 7.83. The maximum atomic E-state index is 12.9. The quantitative estimate of drug-likeness (QED) is 0.205. The van der Waals surface area contributed by atoms with Crippen LogP contribution in [-0.2, 0) is 14.4 Å². The Morgan fingerprint density at radius 1 is 1.28 bits per heavy atom. The van der Waals surface area contributed by atoms with Gasteiger partial charge in [0, 0.05) is 0 Å². The number of rotatable bonds is 8. The normalized spacial score (nSPS) is 16.5. The number of aromatic hydroxyl groups is 2. The Hall–Kier alpha value is -2.79. The molecule has 0 radical (unpaired) electrons. The van der Waals surface area contributed by atoms with Gasteiger partial charge in [-0.05, 0) is 30.2 Å². The number of thiocarbonyl (C=S) groups is 1. The predicted molar refractivity (Wildman–Crippen MR) is 109 cm³/mol. The van der Waals surface area contributed by atoms with Crippen LogP contribution in [0, 0.1) is 5.92 Å². The molecule has 1 aromatic rings. The van der Waals surface area contributed by atoms with Crippen LogP contribution in [0.1, 0.15) is 25.3 Å². The smallest absolute Gasteiger partial charge is 0.320 e. The molecule has 2 rings (SSSR count). The van der Waals surface area contributed by atoms with Gasteiger partial charge in [0.15, 0.2) is 17.4 Å². The third-order valence-corrected chi connectivity index (χ3v) is 5.58. The SMILES string of the molecule is CCCC(C(C(=O)O)C(=O)O)N1C(=O)/C(=C/c2cc(O)c(O)c(OC)c2)SC1=S. The van der Waals surface area contributed by atoms with Crippen molar-refractivity contribution in [2.75, 3.05) is 7.11 Å². The summed E-state index contributed by atoms with van der Waals surface area (Å²) in [7, 11) is 1.30. The van der Waals surface area contributed by atoms with Gasteiger partial charge in [-0.1, -0.05) is 37.3 Å². The van der Waals surface area contributed by atoms with Gasteiger partial charge in [0.05, 0.1) is 18.1 Å². The molecule has 1 aliphatic rings. The van der Waals surface area contributed by atoms with Crippen LogP contribution >= 0.6 is 24.0 Å². The lowest BCUT2D eigenvalue weighted by Gasteiger charge is -2.29. The highest BCUT2D eigenvalue weighted by Crippen LogP contribution is 2.40. The number of ether oxygens (including phenoxy) is 1. The van der Waals surface area contributed by atoms with Crippen molar-refractivity contribution in [2.45, 2.75) is 25.8 Å². The molecule has 11 heteroatoms. The number of aliphatic carboxylic acids is 2. The zero-order valence-electron chi connectivity index (χ0n) is 15.5. The van der Waals surface area contributed by atoms with E-state index in [4.69, 9.17) is 17.0 Å². The number of hydrogen-bond donors (Lipinski definition) is 4. The molecular weight excluding hydrogens is 422 g/mol. The molecule has 1 unspecified atom stereocenters. The van der Waals surface area contributed by atoms with E-state index in [9.17, 15) is 34.8 Å². The van der Waals surface area contributed by atoms with Gasteiger partial charge >= 0.3 is 11.9 Å². The number of hydrogen-bond acceptors (Lipinski definition) is 8. The van der Waals surface area contributed by atoms with Crippen LogP contribution in [0.3, 0.4) is 0 Å². The number of amides is 1. The molecular formula is C18H19NO8S2. The molecule has 9 nitrogen and oxygen atoms in total. The third-order valence-electron chi connectivity index (χ3n) is 4.25. The molecule has 1 aliphatic heterocycles. The monoisotopic (exact) mass is 441 g/mol. The van der Waals surface area contributed by atoms with Crippen molar-refractivity contribution in [3.8, 4) is 17.2 Å². The molecule has 0 spiro atoms. The highest BCUT2D eigenvalue weighted by Gasteiger charge is 2.45. The molecule has 4 N–H and O–H groups in total. The van der Waals surface area contributed by atoms with Crippen LogP contribution < -0.4 is 4.74 Å². The van der Waals surface area contributed by atoms with Gasteiger partial charge in [-0.15, -0.1) is 0 Å². The van der Waals surface area contributed by atoms with Crippen molar-refractivity contribution < 1.29 is 39.5 Å². The van der Waals surface area contributed by atoms with Gasteiger partial charge in [-0.3, -0.25) is 19.3 Å². The third kappa shape index (κ3) is 4.62. The van der Waals surface area contributed by atoms with Crippen LogP contribution in [0.2, 0.25) is 0 Å². The largest absolute Gasteiger partial charge is 0.504 e. The summed E-state index contributed by atoms with van der Waals surface area (Å²) < 4.78 is 5.00. The minimum absolute atomic E-state index is 0.00703. The van der Waals surface area contributed by atoms with E-state index in [1.807, 2.05) is 0 Å². The second kappa shape index (κ2) is 9.14. The minimum atomic E-state index is -1.82. The molecule has 1 aromatic carbocycles. The molecule has 1 amide bonds. The van der Waals surface area contributed by atoms with E-state index in [0.29, 0.717) is 12.0 Å². The van der Waals surface area contributed by atoms with Crippen LogP contribution in [0.15, 0.2) is 17.0 Å². The molecule has 1 atom stereocenters. The summed E-state index contributed by atoms with van der Waals surface area (Å²) in [4.78, 5) is 37.0. The lowest BCUT2D eigenvalue weighted by molar-refractivity contribution is -0.157. The van der Waals surface area contributed by atoms with E-state index < -0.39 is 41.3 Å². The van der Waals surface area contributed by atoms with E-state index in [1.165, 1.54) is 25.3 Å². The van der Waals surface area contributed by atoms with Crippen molar-refractivity contribution in [2.24, 2.45) is 5.92 Å². The number of carboxylic acids is 2. The van der Waals surface area contributed by atoms with E-state index in [-0.39, 0.29) is 21.4 Å². The number of phenols is 2. The van der Waals surface area contributed by atoms with Crippen molar-refractivity contribution in [3.05, 3.63) is 22.6 Å². The van der Waals surface area contributed by atoms with Crippen molar-refractivity contribution >= 4 is 52.2 Å².